The monoisotopic (exact) mass is 550 g/mol. The maximum absolute atomic E-state index is 13.1. The average Bonchev–Trinajstić information content (AvgIpc) is 3.37. The molecule has 0 aromatic carbocycles. The SMILES string of the molecule is N#CC1=C(N)N(c2nnc(SCC(=O)Nc3cccnc3Cl)s2)C2=C(C(=O)CCC2)C1c1cccnc1. The number of ketones is 1. The van der Waals surface area contributed by atoms with E-state index >= 15 is 0 Å². The summed E-state index contributed by atoms with van der Waals surface area (Å²) in [6, 6.07) is 9.16. The summed E-state index contributed by atoms with van der Waals surface area (Å²) < 4.78 is 0.535. The molecule has 37 heavy (non-hydrogen) atoms. The number of pyridine rings is 2. The van der Waals surface area contributed by atoms with Gasteiger partial charge in [0, 0.05) is 36.3 Å². The van der Waals surface area contributed by atoms with Gasteiger partial charge in [0.1, 0.15) is 5.82 Å². The number of rotatable bonds is 6. The molecule has 3 aromatic rings. The lowest BCUT2D eigenvalue weighted by Crippen LogP contribution is -2.38. The van der Waals surface area contributed by atoms with Gasteiger partial charge in [-0.1, -0.05) is 40.8 Å². The zero-order valence-electron chi connectivity index (χ0n) is 19.2. The first-order valence-corrected chi connectivity index (χ1v) is 13.4. The van der Waals surface area contributed by atoms with Crippen LogP contribution >= 0.6 is 34.7 Å². The Morgan fingerprint density at radius 3 is 2.89 bits per heavy atom. The third-order valence-electron chi connectivity index (χ3n) is 5.88. The molecule has 0 spiro atoms. The van der Waals surface area contributed by atoms with Crippen molar-refractivity contribution in [2.75, 3.05) is 16.0 Å². The van der Waals surface area contributed by atoms with E-state index in [-0.39, 0.29) is 34.0 Å². The van der Waals surface area contributed by atoms with Gasteiger partial charge in [-0.25, -0.2) is 4.98 Å². The molecule has 0 radical (unpaired) electrons. The highest BCUT2D eigenvalue weighted by Crippen LogP contribution is 2.46. The Morgan fingerprint density at radius 1 is 1.30 bits per heavy atom. The fraction of sp³-hybridized carbons (Fsp3) is 0.208. The van der Waals surface area contributed by atoms with Crippen LogP contribution < -0.4 is 16.0 Å². The molecule has 0 bridgehead atoms. The van der Waals surface area contributed by atoms with Gasteiger partial charge in [0.15, 0.2) is 15.3 Å². The fourth-order valence-corrected chi connectivity index (χ4v) is 6.18. The second-order valence-corrected chi connectivity index (χ2v) is 10.7. The van der Waals surface area contributed by atoms with Crippen LogP contribution in [0, 0.1) is 11.3 Å². The normalized spacial score (nSPS) is 17.5. The molecule has 3 aromatic heterocycles. The molecule has 13 heteroatoms. The molecule has 1 aliphatic heterocycles. The lowest BCUT2D eigenvalue weighted by molar-refractivity contribution is -0.116. The largest absolute Gasteiger partial charge is 0.384 e. The smallest absolute Gasteiger partial charge is 0.234 e. The van der Waals surface area contributed by atoms with E-state index in [1.165, 1.54) is 29.3 Å². The Labute approximate surface area is 225 Å². The Bertz CT molecular complexity index is 1480. The van der Waals surface area contributed by atoms with E-state index in [4.69, 9.17) is 17.3 Å². The van der Waals surface area contributed by atoms with Crippen LogP contribution in [0.2, 0.25) is 5.15 Å². The van der Waals surface area contributed by atoms with Crippen molar-refractivity contribution in [3.05, 3.63) is 76.2 Å². The number of carbonyl (C=O) groups is 2. The molecule has 0 saturated carbocycles. The quantitative estimate of drug-likeness (QED) is 0.340. The van der Waals surface area contributed by atoms with Gasteiger partial charge >= 0.3 is 0 Å². The molecule has 1 aliphatic carbocycles. The average molecular weight is 551 g/mol. The van der Waals surface area contributed by atoms with E-state index in [9.17, 15) is 14.9 Å². The van der Waals surface area contributed by atoms with Crippen molar-refractivity contribution < 1.29 is 9.59 Å². The number of thioether (sulfide) groups is 1. The number of halogens is 1. The summed E-state index contributed by atoms with van der Waals surface area (Å²) in [5.41, 5.74) is 9.23. The summed E-state index contributed by atoms with van der Waals surface area (Å²) in [4.78, 5) is 35.3. The number of nitrogens with two attached hydrogens (primary N) is 1. The number of nitrogens with one attached hydrogen (secondary N) is 1. The number of amides is 1. The van der Waals surface area contributed by atoms with Crippen molar-refractivity contribution in [1.82, 2.24) is 20.2 Å². The standard InChI is InChI=1S/C24H19ClN8O2S2/c25-21-15(5-3-9-29-21)30-18(35)12-36-24-32-31-23(37-24)33-16-6-1-7-17(34)20(16)19(14(10-26)22(33)27)13-4-2-8-28-11-13/h2-5,8-9,11,19H,1,6-7,12,27H2,(H,30,35). The predicted molar refractivity (Wildman–Crippen MR) is 141 cm³/mol. The van der Waals surface area contributed by atoms with Crippen LogP contribution in [0.3, 0.4) is 0 Å². The molecule has 186 valence electrons. The van der Waals surface area contributed by atoms with Gasteiger partial charge in [0.05, 0.1) is 29.0 Å². The van der Waals surface area contributed by atoms with Crippen molar-refractivity contribution in [3.63, 3.8) is 0 Å². The number of nitrogens with zero attached hydrogens (tertiary/aromatic N) is 6. The number of carbonyl (C=O) groups excluding carboxylic acids is 2. The Hall–Kier alpha value is -3.79. The van der Waals surface area contributed by atoms with E-state index in [1.54, 1.807) is 35.5 Å². The molecule has 3 N–H and O–H groups in total. The Kier molecular flexibility index (Phi) is 7.18. The zero-order chi connectivity index (χ0) is 25.9. The third kappa shape index (κ3) is 4.93. The van der Waals surface area contributed by atoms with Crippen molar-refractivity contribution >= 4 is 57.2 Å². The van der Waals surface area contributed by atoms with E-state index in [2.05, 4.69) is 31.6 Å². The highest BCUT2D eigenvalue weighted by Gasteiger charge is 2.41. The second-order valence-electron chi connectivity index (χ2n) is 8.13. The summed E-state index contributed by atoms with van der Waals surface area (Å²) in [5.74, 6) is -0.596. The Balaban J connectivity index is 1.42. The van der Waals surface area contributed by atoms with Crippen LogP contribution in [-0.4, -0.2) is 37.6 Å². The van der Waals surface area contributed by atoms with E-state index < -0.39 is 5.92 Å². The maximum atomic E-state index is 13.1. The number of anilines is 2. The molecule has 10 nitrogen and oxygen atoms in total. The van der Waals surface area contributed by atoms with Crippen molar-refractivity contribution in [3.8, 4) is 6.07 Å². The maximum Gasteiger partial charge on any atom is 0.234 e. The molecule has 4 heterocycles. The first-order valence-electron chi connectivity index (χ1n) is 11.2. The first kappa shape index (κ1) is 24.9. The number of hydrogen-bond acceptors (Lipinski definition) is 11. The molecule has 5 rings (SSSR count). The summed E-state index contributed by atoms with van der Waals surface area (Å²) in [5, 5.41) is 21.9. The Morgan fingerprint density at radius 2 is 2.14 bits per heavy atom. The van der Waals surface area contributed by atoms with Gasteiger partial charge in [-0.2, -0.15) is 5.26 Å². The van der Waals surface area contributed by atoms with Crippen LogP contribution in [0.15, 0.2) is 69.9 Å². The summed E-state index contributed by atoms with van der Waals surface area (Å²) >= 11 is 8.43. The lowest BCUT2D eigenvalue weighted by atomic mass is 9.76. The van der Waals surface area contributed by atoms with Crippen molar-refractivity contribution in [2.45, 2.75) is 29.5 Å². The number of allylic oxidation sites excluding steroid dienone is 3. The van der Waals surface area contributed by atoms with E-state index in [1.807, 2.05) is 6.07 Å². The van der Waals surface area contributed by atoms with Gasteiger partial charge in [-0.05, 0) is 36.6 Å². The molecule has 0 saturated heterocycles. The molecule has 1 atom stereocenters. The fourth-order valence-electron chi connectivity index (χ4n) is 4.33. The molecule has 1 unspecified atom stereocenters. The predicted octanol–water partition coefficient (Wildman–Crippen LogP) is 4.02. The highest BCUT2D eigenvalue weighted by molar-refractivity contribution is 8.01. The van der Waals surface area contributed by atoms with E-state index in [0.29, 0.717) is 40.0 Å². The molecule has 1 amide bonds. The zero-order valence-corrected chi connectivity index (χ0v) is 21.6. The van der Waals surface area contributed by atoms with Gasteiger partial charge in [-0.15, -0.1) is 10.2 Å². The molecule has 0 fully saturated rings. The van der Waals surface area contributed by atoms with Gasteiger partial charge in [0.2, 0.25) is 11.0 Å². The molecular formula is C24H19ClN8O2S2. The number of hydrogen-bond donors (Lipinski definition) is 2. The van der Waals surface area contributed by atoms with Crippen LogP contribution in [0.5, 0.6) is 0 Å². The molecular weight excluding hydrogens is 532 g/mol. The number of nitriles is 1. The third-order valence-corrected chi connectivity index (χ3v) is 8.22. The summed E-state index contributed by atoms with van der Waals surface area (Å²) in [6.07, 6.45) is 6.50. The minimum Gasteiger partial charge on any atom is -0.384 e. The lowest BCUT2D eigenvalue weighted by Gasteiger charge is -2.37. The van der Waals surface area contributed by atoms with Crippen LogP contribution in [-0.2, 0) is 9.59 Å². The molecule has 2 aliphatic rings. The summed E-state index contributed by atoms with van der Waals surface area (Å²) in [7, 11) is 0. The highest BCUT2D eigenvalue weighted by atomic mass is 35.5. The number of Topliss-reactive ketones (excluding diaryl/α,β-unsaturated/α-hetero) is 1. The minimum absolute atomic E-state index is 0.0230. The first-order chi connectivity index (χ1) is 18.0. The summed E-state index contributed by atoms with van der Waals surface area (Å²) in [6.45, 7) is 0. The van der Waals surface area contributed by atoms with Gasteiger partial charge < -0.3 is 11.1 Å². The van der Waals surface area contributed by atoms with E-state index in [0.717, 1.165) is 11.3 Å². The van der Waals surface area contributed by atoms with Crippen LogP contribution in [0.4, 0.5) is 10.8 Å². The second kappa shape index (κ2) is 10.7. The van der Waals surface area contributed by atoms with Crippen LogP contribution in [0.1, 0.15) is 30.7 Å². The van der Waals surface area contributed by atoms with Crippen molar-refractivity contribution in [1.29, 1.82) is 5.26 Å². The number of aromatic nitrogens is 4. The van der Waals surface area contributed by atoms with Crippen molar-refractivity contribution in [2.24, 2.45) is 5.73 Å². The topological polar surface area (TPSA) is 151 Å². The van der Waals surface area contributed by atoms with Gasteiger partial charge in [0.25, 0.3) is 0 Å². The minimum atomic E-state index is -0.581. The van der Waals surface area contributed by atoms with Crippen LogP contribution in [0.25, 0.3) is 0 Å². The van der Waals surface area contributed by atoms with Gasteiger partial charge in [-0.3, -0.25) is 19.5 Å².